The molecule has 0 aliphatic carbocycles. The van der Waals surface area contributed by atoms with E-state index in [0.717, 1.165) is 29.6 Å². The van der Waals surface area contributed by atoms with E-state index in [9.17, 15) is 9.59 Å². The van der Waals surface area contributed by atoms with Crippen molar-refractivity contribution in [3.8, 4) is 5.75 Å². The molecule has 0 atom stereocenters. The first kappa shape index (κ1) is 18.8. The van der Waals surface area contributed by atoms with E-state index in [-0.39, 0.29) is 12.5 Å². The first-order valence-corrected chi connectivity index (χ1v) is 8.51. The number of carbonyl (C=O) groups excluding carboxylic acids is 2. The number of likely N-dealkylation sites (N-methyl/N-ethyl adjacent to an activating group) is 1. The molecule has 0 saturated carbocycles. The van der Waals surface area contributed by atoms with Crippen molar-refractivity contribution in [1.29, 1.82) is 0 Å². The van der Waals surface area contributed by atoms with E-state index in [1.54, 1.807) is 7.11 Å². The van der Waals surface area contributed by atoms with Gasteiger partial charge in [-0.1, -0.05) is 6.92 Å². The van der Waals surface area contributed by atoms with Crippen LogP contribution in [0.2, 0.25) is 0 Å². The minimum atomic E-state index is -0.428. The zero-order chi connectivity index (χ0) is 18.6. The van der Waals surface area contributed by atoms with Crippen LogP contribution in [0.1, 0.15) is 36.3 Å². The van der Waals surface area contributed by atoms with Crippen LogP contribution in [0.15, 0.2) is 18.2 Å². The lowest BCUT2D eigenvalue weighted by atomic mass is 10.1. The molecule has 1 amide bonds. The molecule has 25 heavy (non-hydrogen) atoms. The van der Waals surface area contributed by atoms with Gasteiger partial charge in [0.2, 0.25) is 0 Å². The first-order chi connectivity index (χ1) is 12.0. The Kier molecular flexibility index (Phi) is 6.07. The summed E-state index contributed by atoms with van der Waals surface area (Å²) in [6.07, 6.45) is 0.962. The summed E-state index contributed by atoms with van der Waals surface area (Å²) in [6, 6.07) is 5.76. The van der Waals surface area contributed by atoms with E-state index < -0.39 is 5.97 Å². The molecule has 1 heterocycles. The van der Waals surface area contributed by atoms with Gasteiger partial charge in [0, 0.05) is 29.7 Å². The quantitative estimate of drug-likeness (QED) is 0.723. The van der Waals surface area contributed by atoms with Crippen molar-refractivity contribution >= 4 is 22.8 Å². The average molecular weight is 346 g/mol. The van der Waals surface area contributed by atoms with Gasteiger partial charge in [0.15, 0.2) is 0 Å². The van der Waals surface area contributed by atoms with Crippen molar-refractivity contribution in [3.63, 3.8) is 0 Å². The molecule has 0 unspecified atom stereocenters. The van der Waals surface area contributed by atoms with Gasteiger partial charge in [-0.05, 0) is 38.5 Å². The van der Waals surface area contributed by atoms with Crippen LogP contribution in [0.25, 0.3) is 10.9 Å². The number of aryl methyl sites for hydroxylation is 1. The van der Waals surface area contributed by atoms with Gasteiger partial charge in [-0.15, -0.1) is 0 Å². The SMILES string of the molecule is CCCn1c(C)c(C(=O)N(CC)CC(=O)OC)c2cc(OC)ccc21. The van der Waals surface area contributed by atoms with E-state index in [2.05, 4.69) is 11.5 Å². The second-order valence-electron chi connectivity index (χ2n) is 5.89. The number of aromatic nitrogens is 1. The summed E-state index contributed by atoms with van der Waals surface area (Å²) in [5, 5.41) is 0.846. The van der Waals surface area contributed by atoms with Crippen LogP contribution < -0.4 is 4.74 Å². The van der Waals surface area contributed by atoms with E-state index in [4.69, 9.17) is 9.47 Å². The second kappa shape index (κ2) is 8.05. The maximum absolute atomic E-state index is 13.1. The monoisotopic (exact) mass is 346 g/mol. The molecule has 136 valence electrons. The van der Waals surface area contributed by atoms with Crippen LogP contribution in [0.4, 0.5) is 0 Å². The molecule has 0 aliphatic heterocycles. The molecule has 1 aromatic heterocycles. The van der Waals surface area contributed by atoms with Crippen LogP contribution in [0.3, 0.4) is 0 Å². The fraction of sp³-hybridized carbons (Fsp3) is 0.474. The topological polar surface area (TPSA) is 60.8 Å². The number of nitrogens with zero attached hydrogens (tertiary/aromatic N) is 2. The maximum atomic E-state index is 13.1. The van der Waals surface area contributed by atoms with Gasteiger partial charge in [-0.3, -0.25) is 9.59 Å². The van der Waals surface area contributed by atoms with Crippen LogP contribution >= 0.6 is 0 Å². The average Bonchev–Trinajstić information content (AvgIpc) is 2.90. The summed E-state index contributed by atoms with van der Waals surface area (Å²) in [6.45, 7) is 7.09. The Bertz CT molecular complexity index is 779. The third-order valence-electron chi connectivity index (χ3n) is 4.41. The van der Waals surface area contributed by atoms with Gasteiger partial charge in [-0.25, -0.2) is 0 Å². The number of carbonyl (C=O) groups is 2. The Morgan fingerprint density at radius 1 is 1.20 bits per heavy atom. The summed E-state index contributed by atoms with van der Waals surface area (Å²) < 4.78 is 12.2. The van der Waals surface area contributed by atoms with Gasteiger partial charge in [-0.2, -0.15) is 0 Å². The lowest BCUT2D eigenvalue weighted by molar-refractivity contribution is -0.141. The Hall–Kier alpha value is -2.50. The molecule has 0 saturated heterocycles. The predicted octanol–water partition coefficient (Wildman–Crippen LogP) is 3.00. The molecular weight excluding hydrogens is 320 g/mol. The van der Waals surface area contributed by atoms with E-state index in [1.807, 2.05) is 32.0 Å². The van der Waals surface area contributed by atoms with Crippen molar-refractivity contribution in [2.45, 2.75) is 33.7 Å². The Balaban J connectivity index is 2.59. The number of ether oxygens (including phenoxy) is 2. The minimum absolute atomic E-state index is 0.0598. The third-order valence-corrected chi connectivity index (χ3v) is 4.41. The highest BCUT2D eigenvalue weighted by atomic mass is 16.5. The molecule has 6 heteroatoms. The van der Waals surface area contributed by atoms with Crippen LogP contribution in [-0.4, -0.2) is 48.7 Å². The fourth-order valence-electron chi connectivity index (χ4n) is 3.08. The third kappa shape index (κ3) is 3.62. The molecule has 6 nitrogen and oxygen atoms in total. The highest BCUT2D eigenvalue weighted by Gasteiger charge is 2.25. The maximum Gasteiger partial charge on any atom is 0.325 e. The zero-order valence-electron chi connectivity index (χ0n) is 15.6. The molecule has 0 bridgehead atoms. The molecule has 0 aliphatic rings. The van der Waals surface area contributed by atoms with Gasteiger partial charge >= 0.3 is 5.97 Å². The summed E-state index contributed by atoms with van der Waals surface area (Å²) in [5.41, 5.74) is 2.52. The normalized spacial score (nSPS) is 10.8. The van der Waals surface area contributed by atoms with Crippen molar-refractivity contribution in [2.24, 2.45) is 0 Å². The van der Waals surface area contributed by atoms with Gasteiger partial charge in [0.1, 0.15) is 12.3 Å². The van der Waals surface area contributed by atoms with Gasteiger partial charge in [0.05, 0.1) is 19.8 Å². The number of benzene rings is 1. The van der Waals surface area contributed by atoms with Crippen molar-refractivity contribution in [3.05, 3.63) is 29.5 Å². The van der Waals surface area contributed by atoms with Crippen LogP contribution in [0.5, 0.6) is 5.75 Å². The number of esters is 1. The van der Waals surface area contributed by atoms with E-state index >= 15 is 0 Å². The molecule has 0 spiro atoms. The summed E-state index contributed by atoms with van der Waals surface area (Å²) in [7, 11) is 2.93. The van der Waals surface area contributed by atoms with Crippen LogP contribution in [-0.2, 0) is 16.1 Å². The molecular formula is C19H26N2O4. The lowest BCUT2D eigenvalue weighted by Gasteiger charge is -2.20. The van der Waals surface area contributed by atoms with Crippen LogP contribution in [0, 0.1) is 6.92 Å². The number of hydrogen-bond donors (Lipinski definition) is 0. The summed E-state index contributed by atoms with van der Waals surface area (Å²) >= 11 is 0. The van der Waals surface area contributed by atoms with Gasteiger partial charge in [0.25, 0.3) is 5.91 Å². The smallest absolute Gasteiger partial charge is 0.325 e. The summed E-state index contributed by atoms with van der Waals surface area (Å²) in [4.78, 5) is 26.3. The highest BCUT2D eigenvalue weighted by molar-refractivity contribution is 6.09. The largest absolute Gasteiger partial charge is 0.497 e. The Morgan fingerprint density at radius 2 is 1.92 bits per heavy atom. The number of hydrogen-bond acceptors (Lipinski definition) is 4. The van der Waals surface area contributed by atoms with Crippen molar-refractivity contribution < 1.29 is 19.1 Å². The summed E-state index contributed by atoms with van der Waals surface area (Å²) in [5.74, 6) is 0.104. The number of fused-ring (bicyclic) bond motifs is 1. The molecule has 2 rings (SSSR count). The fourth-order valence-corrected chi connectivity index (χ4v) is 3.08. The minimum Gasteiger partial charge on any atom is -0.497 e. The lowest BCUT2D eigenvalue weighted by Crippen LogP contribution is -2.36. The zero-order valence-corrected chi connectivity index (χ0v) is 15.6. The molecule has 0 radical (unpaired) electrons. The molecule has 1 aromatic carbocycles. The number of rotatable bonds is 7. The number of amides is 1. The predicted molar refractivity (Wildman–Crippen MR) is 97.1 cm³/mol. The van der Waals surface area contributed by atoms with Crippen molar-refractivity contribution in [1.82, 2.24) is 9.47 Å². The molecule has 0 N–H and O–H groups in total. The second-order valence-corrected chi connectivity index (χ2v) is 5.89. The Morgan fingerprint density at radius 3 is 2.48 bits per heavy atom. The van der Waals surface area contributed by atoms with E-state index in [0.29, 0.717) is 17.9 Å². The Labute approximate surface area is 148 Å². The first-order valence-electron chi connectivity index (χ1n) is 8.51. The van der Waals surface area contributed by atoms with Crippen molar-refractivity contribution in [2.75, 3.05) is 27.3 Å². The highest BCUT2D eigenvalue weighted by Crippen LogP contribution is 2.30. The standard InChI is InChI=1S/C19H26N2O4/c1-6-10-21-13(3)18(15-11-14(24-4)8-9-16(15)21)19(23)20(7-2)12-17(22)25-5/h8-9,11H,6-7,10,12H2,1-5H3. The molecule has 0 fully saturated rings. The molecule has 2 aromatic rings. The van der Waals surface area contributed by atoms with Gasteiger partial charge < -0.3 is 18.9 Å². The number of methoxy groups -OCH3 is 2. The van der Waals surface area contributed by atoms with E-state index in [1.165, 1.54) is 12.0 Å².